The van der Waals surface area contributed by atoms with Crippen molar-refractivity contribution in [2.45, 2.75) is 18.9 Å². The van der Waals surface area contributed by atoms with Crippen LogP contribution in [-0.2, 0) is 11.2 Å². The van der Waals surface area contributed by atoms with Gasteiger partial charge in [0.05, 0.1) is 13.2 Å². The zero-order chi connectivity index (χ0) is 20.1. The molecule has 0 saturated heterocycles. The van der Waals surface area contributed by atoms with Gasteiger partial charge < -0.3 is 15.0 Å². The van der Waals surface area contributed by atoms with Gasteiger partial charge in [-0.3, -0.25) is 4.79 Å². The lowest BCUT2D eigenvalue weighted by Crippen LogP contribution is -2.29. The smallest absolute Gasteiger partial charge is 0.221 e. The van der Waals surface area contributed by atoms with Crippen LogP contribution in [0.4, 0.5) is 0 Å². The number of hydrogen-bond donors (Lipinski definition) is 2. The molecule has 4 rings (SSSR count). The predicted octanol–water partition coefficient (Wildman–Crippen LogP) is 5.01. The standard InChI is InChI=1S/C25H24N2O2/c1-29-21-14-11-19(12-15-21)25(18-7-3-2-4-8-18)27-24(28)16-13-20-17-26-23-10-6-5-9-22(20)23/h2-12,14-15,17,25-26H,13,16H2,1H3,(H,27,28). The summed E-state index contributed by atoms with van der Waals surface area (Å²) in [5.74, 6) is 0.825. The molecule has 29 heavy (non-hydrogen) atoms. The first-order chi connectivity index (χ1) is 14.2. The number of nitrogens with one attached hydrogen (secondary N) is 2. The summed E-state index contributed by atoms with van der Waals surface area (Å²) in [7, 11) is 1.65. The Hall–Kier alpha value is -3.53. The highest BCUT2D eigenvalue weighted by atomic mass is 16.5. The SMILES string of the molecule is COc1ccc(C(NC(=O)CCc2c[nH]c3ccccc23)c2ccccc2)cc1. The number of H-pyrrole nitrogens is 1. The molecule has 1 aromatic heterocycles. The third-order valence-electron chi connectivity index (χ3n) is 5.18. The van der Waals surface area contributed by atoms with Gasteiger partial charge in [0.25, 0.3) is 0 Å². The molecule has 4 nitrogen and oxygen atoms in total. The topological polar surface area (TPSA) is 54.1 Å². The summed E-state index contributed by atoms with van der Waals surface area (Å²) < 4.78 is 5.26. The molecular weight excluding hydrogens is 360 g/mol. The molecule has 0 aliphatic carbocycles. The van der Waals surface area contributed by atoms with E-state index in [1.807, 2.05) is 79.0 Å². The van der Waals surface area contributed by atoms with Gasteiger partial charge in [-0.15, -0.1) is 0 Å². The monoisotopic (exact) mass is 384 g/mol. The van der Waals surface area contributed by atoms with E-state index in [9.17, 15) is 4.79 Å². The molecule has 0 fully saturated rings. The van der Waals surface area contributed by atoms with Crippen molar-refractivity contribution in [1.29, 1.82) is 0 Å². The maximum Gasteiger partial charge on any atom is 0.221 e. The number of para-hydroxylation sites is 1. The molecule has 3 aromatic carbocycles. The van der Waals surface area contributed by atoms with E-state index in [2.05, 4.69) is 16.4 Å². The van der Waals surface area contributed by atoms with Crippen molar-refractivity contribution in [3.05, 3.63) is 102 Å². The van der Waals surface area contributed by atoms with E-state index in [1.165, 1.54) is 5.39 Å². The number of carbonyl (C=O) groups is 1. The zero-order valence-corrected chi connectivity index (χ0v) is 16.4. The molecule has 1 unspecified atom stereocenters. The Kier molecular flexibility index (Phi) is 5.61. The minimum absolute atomic E-state index is 0.0277. The first kappa shape index (κ1) is 18.8. The summed E-state index contributed by atoms with van der Waals surface area (Å²) in [6.07, 6.45) is 3.12. The molecule has 0 saturated carbocycles. The van der Waals surface area contributed by atoms with E-state index in [1.54, 1.807) is 7.11 Å². The summed E-state index contributed by atoms with van der Waals surface area (Å²) in [6, 6.07) is 25.8. The lowest BCUT2D eigenvalue weighted by molar-refractivity contribution is -0.121. The summed E-state index contributed by atoms with van der Waals surface area (Å²) in [5.41, 5.74) is 4.34. The minimum Gasteiger partial charge on any atom is -0.497 e. The lowest BCUT2D eigenvalue weighted by Gasteiger charge is -2.20. The average Bonchev–Trinajstić information content (AvgIpc) is 3.20. The average molecular weight is 384 g/mol. The normalized spacial score (nSPS) is 11.9. The first-order valence-corrected chi connectivity index (χ1v) is 9.78. The third kappa shape index (κ3) is 4.32. The minimum atomic E-state index is -0.197. The molecular formula is C25H24N2O2. The number of aryl methyl sites for hydroxylation is 1. The van der Waals surface area contributed by atoms with Gasteiger partial charge in [0.2, 0.25) is 5.91 Å². The van der Waals surface area contributed by atoms with Gasteiger partial charge in [0.1, 0.15) is 5.75 Å². The predicted molar refractivity (Wildman–Crippen MR) is 116 cm³/mol. The number of methoxy groups -OCH3 is 1. The van der Waals surface area contributed by atoms with E-state index in [4.69, 9.17) is 4.74 Å². The van der Waals surface area contributed by atoms with Crippen molar-refractivity contribution in [2.75, 3.05) is 7.11 Å². The van der Waals surface area contributed by atoms with Gasteiger partial charge in [-0.2, -0.15) is 0 Å². The molecule has 0 aliphatic rings. The second-order valence-corrected chi connectivity index (χ2v) is 7.04. The highest BCUT2D eigenvalue weighted by Gasteiger charge is 2.17. The van der Waals surface area contributed by atoms with E-state index >= 15 is 0 Å². The van der Waals surface area contributed by atoms with Gasteiger partial charge >= 0.3 is 0 Å². The Morgan fingerprint density at radius 2 is 1.62 bits per heavy atom. The number of hydrogen-bond acceptors (Lipinski definition) is 2. The van der Waals surface area contributed by atoms with Crippen molar-refractivity contribution < 1.29 is 9.53 Å². The van der Waals surface area contributed by atoms with Crippen LogP contribution in [0.15, 0.2) is 85.1 Å². The molecule has 1 atom stereocenters. The quantitative estimate of drug-likeness (QED) is 0.470. The van der Waals surface area contributed by atoms with Crippen LogP contribution in [0.2, 0.25) is 0 Å². The van der Waals surface area contributed by atoms with Gasteiger partial charge in [0.15, 0.2) is 0 Å². The Labute approximate surface area is 170 Å². The van der Waals surface area contributed by atoms with Crippen molar-refractivity contribution >= 4 is 16.8 Å². The maximum absolute atomic E-state index is 12.8. The van der Waals surface area contributed by atoms with Crippen LogP contribution in [0.1, 0.15) is 29.2 Å². The zero-order valence-electron chi connectivity index (χ0n) is 16.4. The molecule has 1 amide bonds. The molecule has 146 valence electrons. The molecule has 1 heterocycles. The molecule has 0 spiro atoms. The van der Waals surface area contributed by atoms with Gasteiger partial charge in [-0.25, -0.2) is 0 Å². The lowest BCUT2D eigenvalue weighted by atomic mass is 9.98. The van der Waals surface area contributed by atoms with E-state index in [-0.39, 0.29) is 11.9 Å². The van der Waals surface area contributed by atoms with Crippen LogP contribution < -0.4 is 10.1 Å². The van der Waals surface area contributed by atoms with Crippen molar-refractivity contribution in [3.63, 3.8) is 0 Å². The van der Waals surface area contributed by atoms with Crippen LogP contribution >= 0.6 is 0 Å². The van der Waals surface area contributed by atoms with E-state index in [0.29, 0.717) is 12.8 Å². The number of amides is 1. The van der Waals surface area contributed by atoms with Crippen molar-refractivity contribution in [2.24, 2.45) is 0 Å². The Bertz CT molecular complexity index is 1080. The fourth-order valence-electron chi connectivity index (χ4n) is 3.62. The molecule has 2 N–H and O–H groups in total. The number of aromatic amines is 1. The number of benzene rings is 3. The summed E-state index contributed by atoms with van der Waals surface area (Å²) in [6.45, 7) is 0. The van der Waals surface area contributed by atoms with E-state index in [0.717, 1.165) is 28.0 Å². The summed E-state index contributed by atoms with van der Waals surface area (Å²) in [4.78, 5) is 16.1. The Morgan fingerprint density at radius 1 is 0.931 bits per heavy atom. The third-order valence-corrected chi connectivity index (χ3v) is 5.18. The fraction of sp³-hybridized carbons (Fsp3) is 0.160. The number of aromatic nitrogens is 1. The number of ether oxygens (including phenoxy) is 1. The van der Waals surface area contributed by atoms with Crippen molar-refractivity contribution in [1.82, 2.24) is 10.3 Å². The largest absolute Gasteiger partial charge is 0.497 e. The maximum atomic E-state index is 12.8. The highest BCUT2D eigenvalue weighted by Crippen LogP contribution is 2.25. The molecule has 0 aliphatic heterocycles. The van der Waals surface area contributed by atoms with Crippen LogP contribution in [0.5, 0.6) is 5.75 Å². The Balaban J connectivity index is 1.50. The Morgan fingerprint density at radius 3 is 2.38 bits per heavy atom. The van der Waals surface area contributed by atoms with Gasteiger partial charge in [-0.05, 0) is 41.3 Å². The second-order valence-electron chi connectivity index (χ2n) is 7.04. The first-order valence-electron chi connectivity index (χ1n) is 9.78. The van der Waals surface area contributed by atoms with Gasteiger partial charge in [-0.1, -0.05) is 60.7 Å². The summed E-state index contributed by atoms with van der Waals surface area (Å²) in [5, 5.41) is 4.38. The number of carbonyl (C=O) groups excluding carboxylic acids is 1. The van der Waals surface area contributed by atoms with Crippen molar-refractivity contribution in [3.8, 4) is 5.75 Å². The molecule has 0 bridgehead atoms. The number of fused-ring (bicyclic) bond motifs is 1. The molecule has 0 radical (unpaired) electrons. The number of rotatable bonds is 7. The molecule has 4 heteroatoms. The van der Waals surface area contributed by atoms with Crippen LogP contribution in [0.3, 0.4) is 0 Å². The second kappa shape index (κ2) is 8.65. The van der Waals surface area contributed by atoms with Crippen LogP contribution in [0.25, 0.3) is 10.9 Å². The molecule has 4 aromatic rings. The summed E-state index contributed by atoms with van der Waals surface area (Å²) >= 11 is 0. The van der Waals surface area contributed by atoms with Crippen LogP contribution in [-0.4, -0.2) is 18.0 Å². The van der Waals surface area contributed by atoms with Crippen LogP contribution in [0, 0.1) is 0 Å². The fourth-order valence-corrected chi connectivity index (χ4v) is 3.62. The van der Waals surface area contributed by atoms with E-state index < -0.39 is 0 Å². The van der Waals surface area contributed by atoms with Gasteiger partial charge in [0, 0.05) is 23.5 Å². The highest BCUT2D eigenvalue weighted by molar-refractivity contribution is 5.84.